The van der Waals surface area contributed by atoms with Gasteiger partial charge in [-0.05, 0) is 48.4 Å². The molecule has 1 N–H and O–H groups in total. The van der Waals surface area contributed by atoms with E-state index in [0.717, 1.165) is 5.30 Å². The van der Waals surface area contributed by atoms with E-state index < -0.39 is 15.8 Å². The van der Waals surface area contributed by atoms with Crippen LogP contribution in [0.15, 0.2) is 140 Å². The second-order valence-electron chi connectivity index (χ2n) is 7.66. The van der Waals surface area contributed by atoms with Gasteiger partial charge in [-0.2, -0.15) is 0 Å². The molecule has 0 bridgehead atoms. The summed E-state index contributed by atoms with van der Waals surface area (Å²) < 4.78 is 0. The summed E-state index contributed by atoms with van der Waals surface area (Å²) in [5.74, 6) is 0.366. The predicted molar refractivity (Wildman–Crippen MR) is 146 cm³/mol. The van der Waals surface area contributed by atoms with Gasteiger partial charge in [0.25, 0.3) is 0 Å². The van der Waals surface area contributed by atoms with E-state index in [1.807, 2.05) is 12.1 Å². The molecule has 3 heteroatoms. The molecule has 5 rings (SSSR count). The normalized spacial score (nSPS) is 11.1. The Morgan fingerprint density at radius 2 is 0.727 bits per heavy atom. The van der Waals surface area contributed by atoms with Gasteiger partial charge in [0, 0.05) is 5.30 Å². The lowest BCUT2D eigenvalue weighted by Crippen LogP contribution is -2.34. The predicted octanol–water partition coefficient (Wildman–Crippen LogP) is 4.91. The smallest absolute Gasteiger partial charge is 0.124 e. The zero-order valence-corrected chi connectivity index (χ0v) is 19.9. The van der Waals surface area contributed by atoms with Gasteiger partial charge in [-0.25, -0.2) is 0 Å². The summed E-state index contributed by atoms with van der Waals surface area (Å²) in [4.78, 5) is 0. The van der Waals surface area contributed by atoms with E-state index in [1.165, 1.54) is 26.5 Å². The second kappa shape index (κ2) is 10.1. The minimum absolute atomic E-state index is 0.366. The van der Waals surface area contributed by atoms with Gasteiger partial charge in [-0.1, -0.05) is 133 Å². The molecule has 33 heavy (non-hydrogen) atoms. The van der Waals surface area contributed by atoms with Gasteiger partial charge >= 0.3 is 0 Å². The molecule has 0 radical (unpaired) electrons. The zero-order valence-electron chi connectivity index (χ0n) is 18.1. The Morgan fingerprint density at radius 3 is 1.12 bits per heavy atom. The van der Waals surface area contributed by atoms with Crippen molar-refractivity contribution in [1.29, 1.82) is 0 Å². The first-order valence-electron chi connectivity index (χ1n) is 11.0. The topological polar surface area (TPSA) is 20.2 Å². The number of hydrogen-bond donors (Lipinski definition) is 1. The van der Waals surface area contributed by atoms with Gasteiger partial charge in [-0.15, -0.1) is 0 Å². The molecule has 0 saturated heterocycles. The number of benzene rings is 5. The van der Waals surface area contributed by atoms with Crippen molar-refractivity contribution in [2.24, 2.45) is 0 Å². The van der Waals surface area contributed by atoms with Crippen molar-refractivity contribution in [3.05, 3.63) is 140 Å². The molecule has 0 spiro atoms. The highest BCUT2D eigenvalue weighted by Gasteiger charge is 2.28. The number of aromatic hydroxyl groups is 1. The lowest BCUT2D eigenvalue weighted by molar-refractivity contribution is 0.480. The highest BCUT2D eigenvalue weighted by atomic mass is 31.1. The minimum Gasteiger partial charge on any atom is -0.507 e. The number of phenols is 1. The number of phenolic OH excluding ortho intramolecular Hbond substituents is 1. The van der Waals surface area contributed by atoms with E-state index in [4.69, 9.17) is 0 Å². The van der Waals surface area contributed by atoms with Crippen LogP contribution in [-0.4, -0.2) is 5.11 Å². The zero-order chi connectivity index (χ0) is 22.5. The molecule has 0 aromatic heterocycles. The maximum Gasteiger partial charge on any atom is 0.124 e. The van der Waals surface area contributed by atoms with Gasteiger partial charge in [-0.3, -0.25) is 0 Å². The van der Waals surface area contributed by atoms with E-state index >= 15 is 0 Å². The van der Waals surface area contributed by atoms with Crippen LogP contribution in [0.2, 0.25) is 0 Å². The third-order valence-corrected chi connectivity index (χ3v) is 10.7. The Balaban J connectivity index is 1.79. The Labute approximate surface area is 197 Å². The lowest BCUT2D eigenvalue weighted by atomic mass is 10.3. The molecule has 0 aliphatic heterocycles. The molecule has 160 valence electrons. The quantitative estimate of drug-likeness (QED) is 0.356. The van der Waals surface area contributed by atoms with Gasteiger partial charge < -0.3 is 5.11 Å². The van der Waals surface area contributed by atoms with Crippen molar-refractivity contribution < 1.29 is 5.11 Å². The molecular weight excluding hydrogens is 438 g/mol. The maximum atomic E-state index is 11.4. The summed E-state index contributed by atoms with van der Waals surface area (Å²) in [5, 5.41) is 18.6. The van der Waals surface area contributed by atoms with E-state index in [-0.39, 0.29) is 0 Å². The van der Waals surface area contributed by atoms with E-state index in [1.54, 1.807) is 0 Å². The first-order chi connectivity index (χ1) is 16.3. The Bertz CT molecular complexity index is 1230. The van der Waals surface area contributed by atoms with E-state index in [2.05, 4.69) is 127 Å². The Morgan fingerprint density at radius 1 is 0.364 bits per heavy atom. The van der Waals surface area contributed by atoms with Gasteiger partial charge in [0.1, 0.15) is 5.75 Å². The van der Waals surface area contributed by atoms with Crippen molar-refractivity contribution in [3.63, 3.8) is 0 Å². The summed E-state index contributed by atoms with van der Waals surface area (Å²) in [6, 6.07) is 48.6. The molecule has 0 aliphatic rings. The first-order valence-corrected chi connectivity index (χ1v) is 13.6. The monoisotopic (exact) mass is 462 g/mol. The van der Waals surface area contributed by atoms with Crippen LogP contribution in [0.5, 0.6) is 5.75 Å². The molecule has 5 aromatic rings. The fraction of sp³-hybridized carbons (Fsp3) is 0. The molecule has 0 aliphatic carbocycles. The SMILES string of the molecule is Oc1cccc(P(c2ccccc2)c2ccccc2)c1P(c1ccccc1)c1ccccc1. The van der Waals surface area contributed by atoms with Gasteiger partial charge in [0.05, 0.1) is 0 Å². The fourth-order valence-electron chi connectivity index (χ4n) is 4.07. The highest BCUT2D eigenvalue weighted by Crippen LogP contribution is 2.41. The van der Waals surface area contributed by atoms with Gasteiger partial charge in [0.2, 0.25) is 0 Å². The average molecular weight is 462 g/mol. The van der Waals surface area contributed by atoms with Crippen LogP contribution in [0, 0.1) is 0 Å². The summed E-state index contributed by atoms with van der Waals surface area (Å²) in [6.45, 7) is 0. The minimum atomic E-state index is -0.935. The first kappa shape index (κ1) is 21.6. The fourth-order valence-corrected chi connectivity index (χ4v) is 9.39. The summed E-state index contributed by atoms with van der Waals surface area (Å²) in [6.07, 6.45) is 0. The molecule has 0 atom stereocenters. The van der Waals surface area contributed by atoms with Crippen LogP contribution in [0.1, 0.15) is 0 Å². The van der Waals surface area contributed by atoms with Crippen LogP contribution in [-0.2, 0) is 0 Å². The van der Waals surface area contributed by atoms with Crippen molar-refractivity contribution in [2.45, 2.75) is 0 Å². The molecule has 0 fully saturated rings. The third-order valence-electron chi connectivity index (χ3n) is 5.52. The van der Waals surface area contributed by atoms with E-state index in [0.29, 0.717) is 5.75 Å². The van der Waals surface area contributed by atoms with Crippen molar-refractivity contribution in [1.82, 2.24) is 0 Å². The molecule has 0 amide bonds. The van der Waals surface area contributed by atoms with Crippen molar-refractivity contribution in [3.8, 4) is 5.75 Å². The Kier molecular flexibility index (Phi) is 6.63. The lowest BCUT2D eigenvalue weighted by Gasteiger charge is -2.28. The number of hydrogen-bond acceptors (Lipinski definition) is 1. The van der Waals surface area contributed by atoms with E-state index in [9.17, 15) is 5.11 Å². The van der Waals surface area contributed by atoms with Crippen LogP contribution in [0.4, 0.5) is 0 Å². The van der Waals surface area contributed by atoms with Crippen LogP contribution in [0.25, 0.3) is 0 Å². The van der Waals surface area contributed by atoms with Crippen LogP contribution >= 0.6 is 15.8 Å². The van der Waals surface area contributed by atoms with Crippen LogP contribution in [0.3, 0.4) is 0 Å². The van der Waals surface area contributed by atoms with Crippen LogP contribution < -0.4 is 31.8 Å². The molecule has 5 aromatic carbocycles. The Hall–Kier alpha value is -3.24. The summed E-state index contributed by atoms with van der Waals surface area (Å²) in [5.41, 5.74) is 0. The molecular formula is C30H24OP2. The number of rotatable bonds is 6. The molecule has 0 heterocycles. The standard InChI is InChI=1S/C30H24OP2/c31-28-22-13-23-29(32(24-14-5-1-6-15-24)25-16-7-2-8-17-25)30(28)33(26-18-9-3-10-19-26)27-20-11-4-12-21-27/h1-23,31H. The van der Waals surface area contributed by atoms with Gasteiger partial charge in [0.15, 0.2) is 0 Å². The van der Waals surface area contributed by atoms with Crippen molar-refractivity contribution >= 4 is 47.7 Å². The van der Waals surface area contributed by atoms with Crippen molar-refractivity contribution in [2.75, 3.05) is 0 Å². The maximum absolute atomic E-state index is 11.4. The molecule has 0 unspecified atom stereocenters. The largest absolute Gasteiger partial charge is 0.507 e. The third kappa shape index (κ3) is 4.62. The summed E-state index contributed by atoms with van der Waals surface area (Å²) >= 11 is 0. The highest BCUT2D eigenvalue weighted by molar-refractivity contribution is 7.85. The molecule has 0 saturated carbocycles. The second-order valence-corrected chi connectivity index (χ2v) is 12.0. The summed E-state index contributed by atoms with van der Waals surface area (Å²) in [7, 11) is -1.77. The molecule has 1 nitrogen and oxygen atoms in total. The average Bonchev–Trinajstić information content (AvgIpc) is 2.89.